The molecule has 0 aliphatic heterocycles. The Balaban J connectivity index is 1.73. The zero-order valence-electron chi connectivity index (χ0n) is 15.2. The smallest absolute Gasteiger partial charge is 0.257 e. The van der Waals surface area contributed by atoms with Crippen molar-refractivity contribution in [2.24, 2.45) is 0 Å². The van der Waals surface area contributed by atoms with Crippen LogP contribution in [0.4, 0.5) is 0 Å². The summed E-state index contributed by atoms with van der Waals surface area (Å²) in [7, 11) is 1.50. The molecule has 0 bridgehead atoms. The minimum atomic E-state index is -0.218. The summed E-state index contributed by atoms with van der Waals surface area (Å²) in [5.74, 6) is 0.0998. The summed E-state index contributed by atoms with van der Waals surface area (Å²) < 4.78 is 7.12. The van der Waals surface area contributed by atoms with Gasteiger partial charge in [0, 0.05) is 24.0 Å². The highest BCUT2D eigenvalue weighted by Gasteiger charge is 2.16. The first kappa shape index (κ1) is 17.7. The molecule has 0 saturated carbocycles. The number of amides is 1. The van der Waals surface area contributed by atoms with E-state index in [4.69, 9.17) is 4.74 Å². The predicted molar refractivity (Wildman–Crippen MR) is 99.2 cm³/mol. The molecule has 0 unspecified atom stereocenters. The van der Waals surface area contributed by atoms with Crippen LogP contribution in [-0.2, 0) is 13.1 Å². The number of pyridine rings is 1. The number of carbonyl (C=O) groups is 1. The molecule has 3 rings (SSSR count). The average molecular weight is 350 g/mol. The Morgan fingerprint density at radius 2 is 1.92 bits per heavy atom. The lowest BCUT2D eigenvalue weighted by Crippen LogP contribution is -2.24. The fraction of sp³-hybridized carbons (Fsp3) is 0.250. The third kappa shape index (κ3) is 3.74. The molecule has 0 radical (unpaired) electrons. The Kier molecular flexibility index (Phi) is 5.31. The van der Waals surface area contributed by atoms with Gasteiger partial charge in [0.1, 0.15) is 5.56 Å². The van der Waals surface area contributed by atoms with Gasteiger partial charge in [-0.25, -0.2) is 4.98 Å². The second-order valence-electron chi connectivity index (χ2n) is 6.04. The third-order valence-corrected chi connectivity index (χ3v) is 4.34. The number of carbonyl (C=O) groups excluding carboxylic acids is 1. The van der Waals surface area contributed by atoms with Gasteiger partial charge in [0.2, 0.25) is 5.88 Å². The van der Waals surface area contributed by atoms with Crippen LogP contribution in [0.15, 0.2) is 48.7 Å². The van der Waals surface area contributed by atoms with Crippen molar-refractivity contribution in [3.05, 3.63) is 76.7 Å². The first-order chi connectivity index (χ1) is 12.6. The van der Waals surface area contributed by atoms with Crippen molar-refractivity contribution in [2.45, 2.75) is 26.9 Å². The number of nitrogens with zero attached hydrogens (tertiary/aromatic N) is 3. The SMILES string of the molecule is COc1ncccc1C(=O)NCc1c(C)nn(Cc2ccccc2)c1C. The first-order valence-electron chi connectivity index (χ1n) is 8.44. The van der Waals surface area contributed by atoms with Gasteiger partial charge in [-0.15, -0.1) is 0 Å². The molecule has 134 valence electrons. The largest absolute Gasteiger partial charge is 0.480 e. The number of benzene rings is 1. The highest BCUT2D eigenvalue weighted by atomic mass is 16.5. The van der Waals surface area contributed by atoms with Crippen LogP contribution >= 0.6 is 0 Å². The summed E-state index contributed by atoms with van der Waals surface area (Å²) in [6, 6.07) is 13.6. The maximum absolute atomic E-state index is 12.5. The van der Waals surface area contributed by atoms with Crippen molar-refractivity contribution in [3.63, 3.8) is 0 Å². The van der Waals surface area contributed by atoms with Crippen molar-refractivity contribution in [2.75, 3.05) is 7.11 Å². The van der Waals surface area contributed by atoms with Gasteiger partial charge in [-0.2, -0.15) is 5.10 Å². The molecule has 3 aromatic rings. The maximum Gasteiger partial charge on any atom is 0.257 e. The second-order valence-corrected chi connectivity index (χ2v) is 6.04. The molecule has 0 spiro atoms. The van der Waals surface area contributed by atoms with Gasteiger partial charge >= 0.3 is 0 Å². The van der Waals surface area contributed by atoms with Gasteiger partial charge in [-0.3, -0.25) is 9.48 Å². The fourth-order valence-electron chi connectivity index (χ4n) is 2.89. The zero-order chi connectivity index (χ0) is 18.5. The molecule has 0 fully saturated rings. The van der Waals surface area contributed by atoms with Crippen molar-refractivity contribution in [1.82, 2.24) is 20.1 Å². The highest BCUT2D eigenvalue weighted by molar-refractivity contribution is 5.96. The predicted octanol–water partition coefficient (Wildman–Crippen LogP) is 2.88. The lowest BCUT2D eigenvalue weighted by Gasteiger charge is -2.09. The Morgan fingerprint density at radius 1 is 1.15 bits per heavy atom. The minimum Gasteiger partial charge on any atom is -0.480 e. The normalized spacial score (nSPS) is 10.6. The molecule has 0 aliphatic rings. The number of nitrogens with one attached hydrogen (secondary N) is 1. The van der Waals surface area contributed by atoms with E-state index in [2.05, 4.69) is 27.5 Å². The number of aromatic nitrogens is 3. The summed E-state index contributed by atoms with van der Waals surface area (Å²) >= 11 is 0. The monoisotopic (exact) mass is 350 g/mol. The molecule has 2 aromatic heterocycles. The summed E-state index contributed by atoms with van der Waals surface area (Å²) in [4.78, 5) is 16.5. The Labute approximate surface area is 152 Å². The molecule has 1 aromatic carbocycles. The molecule has 6 nitrogen and oxygen atoms in total. The van der Waals surface area contributed by atoms with E-state index < -0.39 is 0 Å². The highest BCUT2D eigenvalue weighted by Crippen LogP contribution is 2.17. The third-order valence-electron chi connectivity index (χ3n) is 4.34. The van der Waals surface area contributed by atoms with Crippen LogP contribution in [-0.4, -0.2) is 27.8 Å². The summed E-state index contributed by atoms with van der Waals surface area (Å²) in [5, 5.41) is 7.55. The van der Waals surface area contributed by atoms with Crippen molar-refractivity contribution < 1.29 is 9.53 Å². The van der Waals surface area contributed by atoms with Gasteiger partial charge in [-0.05, 0) is 31.5 Å². The van der Waals surface area contributed by atoms with Crippen LogP contribution in [0, 0.1) is 13.8 Å². The summed E-state index contributed by atoms with van der Waals surface area (Å²) in [6.07, 6.45) is 1.59. The van der Waals surface area contributed by atoms with Crippen LogP contribution in [0.5, 0.6) is 5.88 Å². The zero-order valence-corrected chi connectivity index (χ0v) is 15.2. The van der Waals surface area contributed by atoms with E-state index in [1.807, 2.05) is 36.7 Å². The van der Waals surface area contributed by atoms with Crippen LogP contribution in [0.2, 0.25) is 0 Å². The van der Waals surface area contributed by atoms with E-state index in [0.717, 1.165) is 17.0 Å². The topological polar surface area (TPSA) is 69.0 Å². The van der Waals surface area contributed by atoms with Gasteiger partial charge < -0.3 is 10.1 Å². The van der Waals surface area contributed by atoms with Crippen LogP contribution < -0.4 is 10.1 Å². The van der Waals surface area contributed by atoms with Crippen molar-refractivity contribution >= 4 is 5.91 Å². The Morgan fingerprint density at radius 3 is 2.65 bits per heavy atom. The summed E-state index contributed by atoms with van der Waals surface area (Å²) in [5.41, 5.74) is 4.59. The minimum absolute atomic E-state index is 0.218. The number of hydrogen-bond donors (Lipinski definition) is 1. The number of methoxy groups -OCH3 is 1. The molecule has 0 aliphatic carbocycles. The van der Waals surface area contributed by atoms with E-state index in [1.165, 1.54) is 12.7 Å². The van der Waals surface area contributed by atoms with Gasteiger partial charge in [0.25, 0.3) is 5.91 Å². The van der Waals surface area contributed by atoms with Gasteiger partial charge in [-0.1, -0.05) is 30.3 Å². The molecule has 0 saturated heterocycles. The summed E-state index contributed by atoms with van der Waals surface area (Å²) in [6.45, 7) is 5.09. The standard InChI is InChI=1S/C20H22N4O2/c1-14-18(12-22-19(25)17-10-7-11-21-20(17)26-3)15(2)24(23-14)13-16-8-5-4-6-9-16/h4-11H,12-13H2,1-3H3,(H,22,25). The van der Waals surface area contributed by atoms with E-state index in [0.29, 0.717) is 24.5 Å². The first-order valence-corrected chi connectivity index (χ1v) is 8.44. The molecular weight excluding hydrogens is 328 g/mol. The lowest BCUT2D eigenvalue weighted by molar-refractivity contribution is 0.0947. The lowest BCUT2D eigenvalue weighted by atomic mass is 10.1. The van der Waals surface area contributed by atoms with E-state index in [-0.39, 0.29) is 5.91 Å². The van der Waals surface area contributed by atoms with Gasteiger partial charge in [0.05, 0.1) is 19.3 Å². The van der Waals surface area contributed by atoms with Gasteiger partial charge in [0.15, 0.2) is 0 Å². The average Bonchev–Trinajstić information content (AvgIpc) is 2.93. The molecule has 26 heavy (non-hydrogen) atoms. The quantitative estimate of drug-likeness (QED) is 0.742. The molecular formula is C20H22N4O2. The number of rotatable bonds is 6. The van der Waals surface area contributed by atoms with Crippen molar-refractivity contribution in [1.29, 1.82) is 0 Å². The molecule has 0 atom stereocenters. The second kappa shape index (κ2) is 7.82. The van der Waals surface area contributed by atoms with E-state index in [9.17, 15) is 4.79 Å². The van der Waals surface area contributed by atoms with E-state index >= 15 is 0 Å². The number of hydrogen-bond acceptors (Lipinski definition) is 4. The van der Waals surface area contributed by atoms with Crippen LogP contribution in [0.1, 0.15) is 32.9 Å². The number of aryl methyl sites for hydroxylation is 1. The van der Waals surface area contributed by atoms with E-state index in [1.54, 1.807) is 18.3 Å². The molecule has 2 heterocycles. The van der Waals surface area contributed by atoms with Crippen LogP contribution in [0.25, 0.3) is 0 Å². The van der Waals surface area contributed by atoms with Crippen LogP contribution in [0.3, 0.4) is 0 Å². The number of ether oxygens (including phenoxy) is 1. The van der Waals surface area contributed by atoms with Crippen molar-refractivity contribution in [3.8, 4) is 5.88 Å². The Hall–Kier alpha value is -3.15. The molecule has 6 heteroatoms. The fourth-order valence-corrected chi connectivity index (χ4v) is 2.89. The molecule has 1 amide bonds. The maximum atomic E-state index is 12.5. The molecule has 1 N–H and O–H groups in total. The Bertz CT molecular complexity index is 903.